The molecular formula is C14H18F3NO2. The van der Waals surface area contributed by atoms with Crippen LogP contribution in [0.5, 0.6) is 5.75 Å². The van der Waals surface area contributed by atoms with Crippen molar-refractivity contribution < 1.29 is 22.7 Å². The zero-order valence-corrected chi connectivity index (χ0v) is 11.6. The summed E-state index contributed by atoms with van der Waals surface area (Å²) in [6, 6.07) is 4.83. The third-order valence-corrected chi connectivity index (χ3v) is 2.93. The van der Waals surface area contributed by atoms with Crippen molar-refractivity contribution in [2.24, 2.45) is 11.1 Å². The van der Waals surface area contributed by atoms with Crippen molar-refractivity contribution in [2.45, 2.75) is 39.6 Å². The fraction of sp³-hybridized carbons (Fsp3) is 0.500. The molecule has 0 amide bonds. The number of para-hydroxylation sites is 1. The van der Waals surface area contributed by atoms with Crippen LogP contribution in [0.25, 0.3) is 0 Å². The highest BCUT2D eigenvalue weighted by molar-refractivity contribution is 5.99. The predicted molar refractivity (Wildman–Crippen MR) is 69.5 cm³/mol. The van der Waals surface area contributed by atoms with E-state index in [0.29, 0.717) is 0 Å². The molecule has 1 rings (SSSR count). The maximum Gasteiger partial charge on any atom is 0.573 e. The Morgan fingerprint density at radius 2 is 1.80 bits per heavy atom. The Bertz CT molecular complexity index is 478. The topological polar surface area (TPSA) is 52.3 Å². The van der Waals surface area contributed by atoms with Crippen LogP contribution in [0.15, 0.2) is 24.3 Å². The predicted octanol–water partition coefficient (Wildman–Crippen LogP) is 3.53. The van der Waals surface area contributed by atoms with E-state index in [1.807, 2.05) is 20.8 Å². The molecule has 2 N–H and O–H groups in total. The van der Waals surface area contributed by atoms with E-state index < -0.39 is 23.9 Å². The van der Waals surface area contributed by atoms with E-state index in [-0.39, 0.29) is 17.4 Å². The van der Waals surface area contributed by atoms with Crippen LogP contribution in [-0.2, 0) is 0 Å². The minimum Gasteiger partial charge on any atom is -0.405 e. The van der Waals surface area contributed by atoms with Gasteiger partial charge in [-0.1, -0.05) is 32.9 Å². The molecule has 1 atom stereocenters. The van der Waals surface area contributed by atoms with Crippen molar-refractivity contribution in [3.8, 4) is 5.75 Å². The number of rotatable bonds is 4. The van der Waals surface area contributed by atoms with Crippen molar-refractivity contribution in [1.82, 2.24) is 0 Å². The van der Waals surface area contributed by atoms with E-state index in [4.69, 9.17) is 5.73 Å². The number of ketones is 1. The first-order chi connectivity index (χ1) is 9.00. The smallest absolute Gasteiger partial charge is 0.405 e. The first-order valence-corrected chi connectivity index (χ1v) is 6.14. The third kappa shape index (κ3) is 4.85. The lowest BCUT2D eigenvalue weighted by Gasteiger charge is -2.26. The molecule has 20 heavy (non-hydrogen) atoms. The molecule has 1 unspecified atom stereocenters. The van der Waals surface area contributed by atoms with Gasteiger partial charge in [0.1, 0.15) is 5.75 Å². The van der Waals surface area contributed by atoms with Gasteiger partial charge in [-0.05, 0) is 17.5 Å². The Hall–Kier alpha value is -1.56. The molecule has 6 heteroatoms. The minimum atomic E-state index is -4.83. The molecule has 0 fully saturated rings. The van der Waals surface area contributed by atoms with Gasteiger partial charge in [-0.2, -0.15) is 0 Å². The largest absolute Gasteiger partial charge is 0.573 e. The van der Waals surface area contributed by atoms with Gasteiger partial charge >= 0.3 is 6.36 Å². The summed E-state index contributed by atoms with van der Waals surface area (Å²) in [6.45, 7) is 5.59. The van der Waals surface area contributed by atoms with Gasteiger partial charge in [0.2, 0.25) is 0 Å². The van der Waals surface area contributed by atoms with Gasteiger partial charge in [-0.25, -0.2) is 0 Å². The van der Waals surface area contributed by atoms with Gasteiger partial charge in [0, 0.05) is 12.5 Å². The zero-order valence-electron chi connectivity index (χ0n) is 11.6. The van der Waals surface area contributed by atoms with Gasteiger partial charge in [0.25, 0.3) is 0 Å². The minimum absolute atomic E-state index is 0.0399. The Morgan fingerprint density at radius 3 is 2.30 bits per heavy atom. The average molecular weight is 289 g/mol. The summed E-state index contributed by atoms with van der Waals surface area (Å²) in [7, 11) is 0. The van der Waals surface area contributed by atoms with E-state index in [0.717, 1.165) is 6.07 Å². The number of carbonyl (C=O) groups excluding carboxylic acids is 1. The summed E-state index contributed by atoms with van der Waals surface area (Å²) in [5.41, 5.74) is 5.47. The van der Waals surface area contributed by atoms with Crippen LogP contribution in [0.3, 0.4) is 0 Å². The number of benzene rings is 1. The Labute approximate surface area is 115 Å². The molecular weight excluding hydrogens is 271 g/mol. The number of alkyl halides is 3. The van der Waals surface area contributed by atoms with Gasteiger partial charge in [0.05, 0.1) is 5.56 Å². The normalized spacial score (nSPS) is 13.9. The molecule has 0 saturated carbocycles. The van der Waals surface area contributed by atoms with E-state index >= 15 is 0 Å². The molecule has 0 saturated heterocycles. The zero-order chi connectivity index (χ0) is 15.6. The summed E-state index contributed by atoms with van der Waals surface area (Å²) in [6.07, 6.45) is -4.87. The summed E-state index contributed by atoms with van der Waals surface area (Å²) >= 11 is 0. The lowest BCUT2D eigenvalue weighted by atomic mass is 9.83. The number of carbonyl (C=O) groups is 1. The maximum atomic E-state index is 12.3. The first kappa shape index (κ1) is 16.5. The molecule has 0 bridgehead atoms. The molecule has 0 heterocycles. The number of hydrogen-bond acceptors (Lipinski definition) is 3. The highest BCUT2D eigenvalue weighted by atomic mass is 19.4. The standard InChI is InChI=1S/C14H18F3NO2/c1-13(2,3)12(18)8-10(19)9-6-4-5-7-11(9)20-14(15,16)17/h4-7,12H,8,18H2,1-3H3. The molecule has 1 aromatic carbocycles. The Morgan fingerprint density at radius 1 is 1.25 bits per heavy atom. The molecule has 0 aliphatic carbocycles. The third-order valence-electron chi connectivity index (χ3n) is 2.93. The number of Topliss-reactive ketones (excluding diaryl/α,β-unsaturated/α-hetero) is 1. The van der Waals surface area contributed by atoms with Crippen LogP contribution in [0.2, 0.25) is 0 Å². The Balaban J connectivity index is 2.94. The van der Waals surface area contributed by atoms with Crippen LogP contribution in [0.1, 0.15) is 37.6 Å². The number of nitrogens with two attached hydrogens (primary N) is 1. The molecule has 0 aliphatic rings. The van der Waals surface area contributed by atoms with Crippen LogP contribution in [0, 0.1) is 5.41 Å². The lowest BCUT2D eigenvalue weighted by Crippen LogP contribution is -2.37. The van der Waals surface area contributed by atoms with Crippen LogP contribution >= 0.6 is 0 Å². The summed E-state index contributed by atoms with van der Waals surface area (Å²) in [5.74, 6) is -0.960. The van der Waals surface area contributed by atoms with Crippen molar-refractivity contribution in [1.29, 1.82) is 0 Å². The highest BCUT2D eigenvalue weighted by Gasteiger charge is 2.33. The molecule has 112 valence electrons. The van der Waals surface area contributed by atoms with Crippen molar-refractivity contribution >= 4 is 5.78 Å². The second-order valence-electron chi connectivity index (χ2n) is 5.64. The van der Waals surface area contributed by atoms with Crippen LogP contribution in [-0.4, -0.2) is 18.2 Å². The van der Waals surface area contributed by atoms with Gasteiger partial charge in [0.15, 0.2) is 5.78 Å². The second-order valence-corrected chi connectivity index (χ2v) is 5.64. The van der Waals surface area contributed by atoms with Gasteiger partial charge in [-0.3, -0.25) is 4.79 Å². The van der Waals surface area contributed by atoms with Crippen molar-refractivity contribution in [3.63, 3.8) is 0 Å². The molecule has 0 spiro atoms. The second kappa shape index (κ2) is 5.83. The van der Waals surface area contributed by atoms with E-state index in [9.17, 15) is 18.0 Å². The van der Waals surface area contributed by atoms with E-state index in [1.54, 1.807) is 0 Å². The van der Waals surface area contributed by atoms with Gasteiger partial charge < -0.3 is 10.5 Å². The SMILES string of the molecule is CC(C)(C)C(N)CC(=O)c1ccccc1OC(F)(F)F. The number of hydrogen-bond donors (Lipinski definition) is 1. The summed E-state index contributed by atoms with van der Waals surface area (Å²) < 4.78 is 40.7. The van der Waals surface area contributed by atoms with E-state index in [2.05, 4.69) is 4.74 Å². The van der Waals surface area contributed by atoms with Crippen molar-refractivity contribution in [3.05, 3.63) is 29.8 Å². The van der Waals surface area contributed by atoms with Gasteiger partial charge in [-0.15, -0.1) is 13.2 Å². The molecule has 0 radical (unpaired) electrons. The highest BCUT2D eigenvalue weighted by Crippen LogP contribution is 2.28. The molecule has 3 nitrogen and oxygen atoms in total. The molecule has 1 aromatic rings. The van der Waals surface area contributed by atoms with E-state index in [1.165, 1.54) is 18.2 Å². The number of halogens is 3. The lowest BCUT2D eigenvalue weighted by molar-refractivity contribution is -0.274. The van der Waals surface area contributed by atoms with Crippen LogP contribution in [0.4, 0.5) is 13.2 Å². The molecule has 0 aliphatic heterocycles. The van der Waals surface area contributed by atoms with Crippen molar-refractivity contribution in [2.75, 3.05) is 0 Å². The Kier molecular flexibility index (Phi) is 4.81. The summed E-state index contributed by atoms with van der Waals surface area (Å²) in [5, 5.41) is 0. The average Bonchev–Trinajstić information content (AvgIpc) is 2.25. The summed E-state index contributed by atoms with van der Waals surface area (Å²) in [4.78, 5) is 12.1. The quantitative estimate of drug-likeness (QED) is 0.863. The molecule has 0 aromatic heterocycles. The van der Waals surface area contributed by atoms with Crippen LogP contribution < -0.4 is 10.5 Å². The fourth-order valence-corrected chi connectivity index (χ4v) is 1.53. The monoisotopic (exact) mass is 289 g/mol. The maximum absolute atomic E-state index is 12.3. The fourth-order valence-electron chi connectivity index (χ4n) is 1.53. The number of ether oxygens (including phenoxy) is 1. The first-order valence-electron chi connectivity index (χ1n) is 6.14.